The Hall–Kier alpha value is -0.130. The van der Waals surface area contributed by atoms with Crippen LogP contribution >= 0.6 is 0 Å². The van der Waals surface area contributed by atoms with Gasteiger partial charge in [0.1, 0.15) is 0 Å². The van der Waals surface area contributed by atoms with Crippen molar-refractivity contribution in [1.82, 2.24) is 4.90 Å². The third kappa shape index (κ3) is 14.6. The van der Waals surface area contributed by atoms with Gasteiger partial charge in [0.25, 0.3) is 10.1 Å². The van der Waals surface area contributed by atoms with E-state index in [0.29, 0.717) is 6.42 Å². The maximum absolute atomic E-state index is 10.8. The maximum Gasteiger partial charge on any atom is 0.264 e. The van der Waals surface area contributed by atoms with E-state index in [0.717, 1.165) is 12.8 Å². The van der Waals surface area contributed by atoms with Crippen molar-refractivity contribution in [1.29, 1.82) is 0 Å². The molecule has 0 saturated heterocycles. The van der Waals surface area contributed by atoms with Crippen molar-refractivity contribution in [3.05, 3.63) is 0 Å². The predicted molar refractivity (Wildman–Crippen MR) is 90.4 cm³/mol. The van der Waals surface area contributed by atoms with E-state index in [9.17, 15) is 8.42 Å². The van der Waals surface area contributed by atoms with Crippen molar-refractivity contribution in [2.24, 2.45) is 0 Å². The van der Waals surface area contributed by atoms with E-state index in [1.165, 1.54) is 51.4 Å². The van der Waals surface area contributed by atoms with Crippen LogP contribution in [0.15, 0.2) is 0 Å². The summed E-state index contributed by atoms with van der Waals surface area (Å²) in [6.45, 7) is 2.24. The van der Waals surface area contributed by atoms with Gasteiger partial charge >= 0.3 is 0 Å². The van der Waals surface area contributed by atoms with Crippen LogP contribution in [0.4, 0.5) is 0 Å². The molecule has 0 radical (unpaired) electrons. The van der Waals surface area contributed by atoms with Crippen molar-refractivity contribution in [3.8, 4) is 0 Å². The second-order valence-corrected chi connectivity index (χ2v) is 7.88. The Morgan fingerprint density at radius 1 is 0.857 bits per heavy atom. The molecule has 0 aromatic heterocycles. The van der Waals surface area contributed by atoms with Gasteiger partial charge in [-0.05, 0) is 26.9 Å². The molecule has 0 saturated carbocycles. The summed E-state index contributed by atoms with van der Waals surface area (Å²) >= 11 is 0. The second kappa shape index (κ2) is 12.4. The number of hydrogen-bond acceptors (Lipinski definition) is 3. The number of rotatable bonds is 14. The van der Waals surface area contributed by atoms with Gasteiger partial charge in [-0.25, -0.2) is 0 Å². The van der Waals surface area contributed by atoms with Crippen molar-refractivity contribution in [2.45, 2.75) is 83.6 Å². The molecule has 0 aliphatic rings. The van der Waals surface area contributed by atoms with Gasteiger partial charge in [-0.2, -0.15) is 8.42 Å². The van der Waals surface area contributed by atoms with Crippen molar-refractivity contribution >= 4 is 10.1 Å². The standard InChI is InChI=1S/C16H35NO3S/c1-4-5-6-7-8-9-10-11-12-13-16(17(2)3)14-15-21(18,19)20/h16H,4-15H2,1-3H3,(H,18,19,20). The van der Waals surface area contributed by atoms with Gasteiger partial charge in [-0.1, -0.05) is 64.7 Å². The SMILES string of the molecule is CCCCCCCCCCCC(CCS(=O)(=O)O)N(C)C. The molecule has 0 fully saturated rings. The van der Waals surface area contributed by atoms with E-state index < -0.39 is 10.1 Å². The average molecular weight is 322 g/mol. The molecule has 0 heterocycles. The van der Waals surface area contributed by atoms with Crippen LogP contribution in [0.3, 0.4) is 0 Å². The minimum atomic E-state index is -3.83. The summed E-state index contributed by atoms with van der Waals surface area (Å²) in [4.78, 5) is 2.07. The Morgan fingerprint density at radius 3 is 1.76 bits per heavy atom. The van der Waals surface area contributed by atoms with Gasteiger partial charge in [0.2, 0.25) is 0 Å². The molecule has 1 N–H and O–H groups in total. The molecule has 4 nitrogen and oxygen atoms in total. The van der Waals surface area contributed by atoms with Gasteiger partial charge in [-0.15, -0.1) is 0 Å². The van der Waals surface area contributed by atoms with Crippen LogP contribution in [0, 0.1) is 0 Å². The molecular formula is C16H35NO3S. The fourth-order valence-electron chi connectivity index (χ4n) is 2.64. The lowest BCUT2D eigenvalue weighted by Crippen LogP contribution is -2.30. The van der Waals surface area contributed by atoms with Gasteiger partial charge in [0.05, 0.1) is 5.75 Å². The van der Waals surface area contributed by atoms with Crippen LogP contribution in [-0.2, 0) is 10.1 Å². The maximum atomic E-state index is 10.8. The molecule has 1 unspecified atom stereocenters. The molecule has 0 aromatic carbocycles. The first kappa shape index (κ1) is 20.9. The lowest BCUT2D eigenvalue weighted by molar-refractivity contribution is 0.264. The van der Waals surface area contributed by atoms with Crippen LogP contribution in [0.5, 0.6) is 0 Å². The number of nitrogens with zero attached hydrogens (tertiary/aromatic N) is 1. The molecule has 0 amide bonds. The van der Waals surface area contributed by atoms with Gasteiger partial charge in [0.15, 0.2) is 0 Å². The normalized spacial score (nSPS) is 13.8. The first-order chi connectivity index (χ1) is 9.87. The minimum absolute atomic E-state index is 0.132. The lowest BCUT2D eigenvalue weighted by Gasteiger charge is -2.23. The summed E-state index contributed by atoms with van der Waals surface area (Å²) < 4.78 is 30.5. The monoisotopic (exact) mass is 321 g/mol. The first-order valence-electron chi connectivity index (χ1n) is 8.48. The third-order valence-electron chi connectivity index (χ3n) is 4.08. The number of hydrogen-bond donors (Lipinski definition) is 1. The molecule has 0 aromatic rings. The zero-order valence-electron chi connectivity index (χ0n) is 14.2. The van der Waals surface area contributed by atoms with E-state index in [-0.39, 0.29) is 11.8 Å². The Labute approximate surface area is 132 Å². The highest BCUT2D eigenvalue weighted by molar-refractivity contribution is 7.85. The lowest BCUT2D eigenvalue weighted by atomic mass is 10.0. The van der Waals surface area contributed by atoms with Crippen molar-refractivity contribution < 1.29 is 13.0 Å². The Morgan fingerprint density at radius 2 is 1.33 bits per heavy atom. The number of unbranched alkanes of at least 4 members (excludes halogenated alkanes) is 8. The van der Waals surface area contributed by atoms with Crippen molar-refractivity contribution in [2.75, 3.05) is 19.8 Å². The van der Waals surface area contributed by atoms with Gasteiger partial charge in [0, 0.05) is 6.04 Å². The summed E-state index contributed by atoms with van der Waals surface area (Å²) in [5.41, 5.74) is 0. The zero-order chi connectivity index (χ0) is 16.1. The fourth-order valence-corrected chi connectivity index (χ4v) is 3.21. The highest BCUT2D eigenvalue weighted by Gasteiger charge is 2.14. The first-order valence-corrected chi connectivity index (χ1v) is 10.1. The summed E-state index contributed by atoms with van der Waals surface area (Å²) in [6.07, 6.45) is 13.2. The van der Waals surface area contributed by atoms with Crippen LogP contribution in [0.25, 0.3) is 0 Å². The van der Waals surface area contributed by atoms with Crippen LogP contribution in [-0.4, -0.2) is 43.8 Å². The largest absolute Gasteiger partial charge is 0.306 e. The van der Waals surface area contributed by atoms with Gasteiger partial charge in [-0.3, -0.25) is 4.55 Å². The summed E-state index contributed by atoms with van der Waals surface area (Å²) in [7, 11) is 0.119. The summed E-state index contributed by atoms with van der Waals surface area (Å²) in [6, 6.07) is 0.247. The molecule has 5 heteroatoms. The Balaban J connectivity index is 3.61. The molecule has 0 rings (SSSR count). The molecule has 21 heavy (non-hydrogen) atoms. The highest BCUT2D eigenvalue weighted by Crippen LogP contribution is 2.14. The van der Waals surface area contributed by atoms with Crippen LogP contribution < -0.4 is 0 Å². The minimum Gasteiger partial charge on any atom is -0.306 e. The van der Waals surface area contributed by atoms with Gasteiger partial charge < -0.3 is 4.90 Å². The Bertz CT molecular complexity index is 328. The average Bonchev–Trinajstić information content (AvgIpc) is 2.38. The quantitative estimate of drug-likeness (QED) is 0.386. The molecular weight excluding hydrogens is 286 g/mol. The molecule has 0 aliphatic heterocycles. The van der Waals surface area contributed by atoms with E-state index in [4.69, 9.17) is 4.55 Å². The molecule has 0 bridgehead atoms. The van der Waals surface area contributed by atoms with Crippen molar-refractivity contribution in [3.63, 3.8) is 0 Å². The third-order valence-corrected chi connectivity index (χ3v) is 4.83. The van der Waals surface area contributed by atoms with E-state index in [1.807, 2.05) is 14.1 Å². The smallest absolute Gasteiger partial charge is 0.264 e. The van der Waals surface area contributed by atoms with Crippen LogP contribution in [0.2, 0.25) is 0 Å². The van der Waals surface area contributed by atoms with Crippen LogP contribution in [0.1, 0.15) is 77.6 Å². The second-order valence-electron chi connectivity index (χ2n) is 6.31. The zero-order valence-corrected chi connectivity index (χ0v) is 15.0. The molecule has 0 spiro atoms. The topological polar surface area (TPSA) is 57.6 Å². The predicted octanol–water partition coefficient (Wildman–Crippen LogP) is 4.12. The summed E-state index contributed by atoms with van der Waals surface area (Å²) in [5, 5.41) is 0. The fraction of sp³-hybridized carbons (Fsp3) is 1.00. The molecule has 0 aliphatic carbocycles. The van der Waals surface area contributed by atoms with E-state index in [2.05, 4.69) is 11.8 Å². The van der Waals surface area contributed by atoms with E-state index >= 15 is 0 Å². The molecule has 128 valence electrons. The Kier molecular flexibility index (Phi) is 12.3. The summed E-state index contributed by atoms with van der Waals surface area (Å²) in [5.74, 6) is -0.132. The molecule has 1 atom stereocenters. The van der Waals surface area contributed by atoms with E-state index in [1.54, 1.807) is 0 Å². The highest BCUT2D eigenvalue weighted by atomic mass is 32.2.